The Morgan fingerprint density at radius 1 is 1.38 bits per heavy atom. The van der Waals surface area contributed by atoms with E-state index in [0.29, 0.717) is 18.1 Å². The van der Waals surface area contributed by atoms with Gasteiger partial charge in [0.05, 0.1) is 0 Å². The third kappa shape index (κ3) is 4.31. The van der Waals surface area contributed by atoms with Gasteiger partial charge in [0, 0.05) is 18.1 Å². The Morgan fingerprint density at radius 2 is 2.12 bits per heavy atom. The van der Waals surface area contributed by atoms with Crippen LogP contribution in [0.15, 0.2) is 0 Å². The first-order valence-corrected chi connectivity index (χ1v) is 5.55. The maximum Gasteiger partial charge on any atom is 0.452 e. The molecule has 1 aromatic heterocycles. The van der Waals surface area contributed by atoms with E-state index in [1.54, 1.807) is 0 Å². The maximum absolute atomic E-state index is 12.1. The van der Waals surface area contributed by atoms with Crippen LogP contribution in [0.5, 0.6) is 5.19 Å². The van der Waals surface area contributed by atoms with Crippen molar-refractivity contribution in [2.24, 2.45) is 0 Å². The van der Waals surface area contributed by atoms with Crippen molar-refractivity contribution in [3.63, 3.8) is 0 Å². The van der Waals surface area contributed by atoms with Crippen molar-refractivity contribution in [1.82, 2.24) is 14.7 Å². The topological polar surface area (TPSA) is 47.0 Å². The average molecular weight is 255 g/mol. The van der Waals surface area contributed by atoms with E-state index >= 15 is 0 Å². The predicted molar refractivity (Wildman–Crippen MR) is 53.6 cm³/mol. The lowest BCUT2D eigenvalue weighted by Gasteiger charge is -2.02. The Bertz CT molecular complexity index is 316. The molecule has 1 rings (SSSR count). The molecule has 0 radical (unpaired) electrons. The Kier molecular flexibility index (Phi) is 4.94. The van der Waals surface area contributed by atoms with Crippen LogP contribution in [0.25, 0.3) is 0 Å². The molecule has 1 heterocycles. The van der Waals surface area contributed by atoms with Crippen molar-refractivity contribution >= 4 is 11.5 Å². The van der Waals surface area contributed by atoms with Crippen LogP contribution in [-0.2, 0) is 6.18 Å². The zero-order valence-electron chi connectivity index (χ0n) is 8.67. The molecule has 0 saturated heterocycles. The SMILES string of the molecule is CCCNCCOc1nc(C(F)(F)F)ns1. The Labute approximate surface area is 95.0 Å². The summed E-state index contributed by atoms with van der Waals surface area (Å²) in [7, 11) is 0. The number of ether oxygens (including phenoxy) is 1. The first kappa shape index (κ1) is 13.2. The molecule has 0 atom stereocenters. The highest BCUT2D eigenvalue weighted by Gasteiger charge is 2.36. The summed E-state index contributed by atoms with van der Waals surface area (Å²) in [5, 5.41) is 3.00. The molecule has 1 N–H and O–H groups in total. The van der Waals surface area contributed by atoms with E-state index in [1.165, 1.54) is 0 Å². The van der Waals surface area contributed by atoms with Crippen LogP contribution >= 0.6 is 11.5 Å². The lowest BCUT2D eigenvalue weighted by atomic mass is 10.5. The van der Waals surface area contributed by atoms with Crippen LogP contribution in [0, 0.1) is 0 Å². The third-order valence-electron chi connectivity index (χ3n) is 1.59. The van der Waals surface area contributed by atoms with E-state index in [2.05, 4.69) is 14.7 Å². The minimum atomic E-state index is -4.50. The van der Waals surface area contributed by atoms with Gasteiger partial charge in [-0.15, -0.1) is 0 Å². The van der Waals surface area contributed by atoms with Gasteiger partial charge in [0.1, 0.15) is 6.61 Å². The molecule has 0 bridgehead atoms. The van der Waals surface area contributed by atoms with Gasteiger partial charge >= 0.3 is 6.18 Å². The molecule has 16 heavy (non-hydrogen) atoms. The van der Waals surface area contributed by atoms with Crippen LogP contribution in [0.1, 0.15) is 19.2 Å². The van der Waals surface area contributed by atoms with Gasteiger partial charge in [-0.1, -0.05) is 6.92 Å². The Balaban J connectivity index is 2.30. The fraction of sp³-hybridized carbons (Fsp3) is 0.750. The van der Waals surface area contributed by atoms with Gasteiger partial charge < -0.3 is 10.1 Å². The average Bonchev–Trinajstić information content (AvgIpc) is 2.65. The number of nitrogens with zero attached hydrogens (tertiary/aromatic N) is 2. The minimum absolute atomic E-state index is 0.0503. The molecule has 0 aliphatic rings. The zero-order valence-corrected chi connectivity index (χ0v) is 9.49. The predicted octanol–water partition coefficient (Wildman–Crippen LogP) is 1.94. The molecular weight excluding hydrogens is 243 g/mol. The first-order chi connectivity index (χ1) is 7.54. The van der Waals surface area contributed by atoms with Crippen molar-refractivity contribution < 1.29 is 17.9 Å². The van der Waals surface area contributed by atoms with Crippen molar-refractivity contribution in [1.29, 1.82) is 0 Å². The van der Waals surface area contributed by atoms with Gasteiger partial charge in [0.25, 0.3) is 11.0 Å². The highest BCUT2D eigenvalue weighted by atomic mass is 32.1. The van der Waals surface area contributed by atoms with Gasteiger partial charge in [-0.3, -0.25) is 0 Å². The molecule has 92 valence electrons. The number of hydrogen-bond acceptors (Lipinski definition) is 5. The van der Waals surface area contributed by atoms with Crippen LogP contribution < -0.4 is 10.1 Å². The highest BCUT2D eigenvalue weighted by molar-refractivity contribution is 7.07. The summed E-state index contributed by atoms with van der Waals surface area (Å²) < 4.78 is 44.5. The molecule has 4 nitrogen and oxygen atoms in total. The second-order valence-corrected chi connectivity index (χ2v) is 3.69. The van der Waals surface area contributed by atoms with Gasteiger partial charge in [0.2, 0.25) is 0 Å². The fourth-order valence-corrected chi connectivity index (χ4v) is 1.47. The van der Waals surface area contributed by atoms with E-state index in [-0.39, 0.29) is 11.8 Å². The largest absolute Gasteiger partial charge is 0.468 e. The minimum Gasteiger partial charge on any atom is -0.468 e. The molecule has 0 aliphatic carbocycles. The third-order valence-corrected chi connectivity index (χ3v) is 2.22. The van der Waals surface area contributed by atoms with Gasteiger partial charge in [-0.25, -0.2) is 0 Å². The van der Waals surface area contributed by atoms with E-state index in [1.807, 2.05) is 6.92 Å². The summed E-state index contributed by atoms with van der Waals surface area (Å²) >= 11 is 0.609. The molecular formula is C8H12F3N3OS. The summed E-state index contributed by atoms with van der Waals surface area (Å²) in [5.74, 6) is -1.14. The normalized spacial score (nSPS) is 11.8. The monoisotopic (exact) mass is 255 g/mol. The second kappa shape index (κ2) is 6.00. The van der Waals surface area contributed by atoms with Crippen molar-refractivity contribution in [2.75, 3.05) is 19.7 Å². The van der Waals surface area contributed by atoms with Crippen molar-refractivity contribution in [3.05, 3.63) is 5.82 Å². The molecule has 0 saturated carbocycles. The lowest BCUT2D eigenvalue weighted by molar-refractivity contribution is -0.144. The molecule has 0 aromatic carbocycles. The second-order valence-electron chi connectivity index (χ2n) is 2.98. The van der Waals surface area contributed by atoms with Gasteiger partial charge in [-0.2, -0.15) is 22.5 Å². The number of aromatic nitrogens is 2. The van der Waals surface area contributed by atoms with Crippen LogP contribution in [-0.4, -0.2) is 29.1 Å². The molecule has 0 amide bonds. The van der Waals surface area contributed by atoms with E-state index in [4.69, 9.17) is 4.74 Å². The fourth-order valence-electron chi connectivity index (χ4n) is 0.896. The standard InChI is InChI=1S/C8H12F3N3OS/c1-2-3-12-4-5-15-7-13-6(14-16-7)8(9,10)11/h12H,2-5H2,1H3. The smallest absolute Gasteiger partial charge is 0.452 e. The Morgan fingerprint density at radius 3 is 2.69 bits per heavy atom. The number of alkyl halides is 3. The van der Waals surface area contributed by atoms with Gasteiger partial charge in [0.15, 0.2) is 0 Å². The lowest BCUT2D eigenvalue weighted by Crippen LogP contribution is -2.21. The molecule has 0 unspecified atom stereocenters. The molecule has 0 spiro atoms. The van der Waals surface area contributed by atoms with Crippen molar-refractivity contribution in [3.8, 4) is 5.19 Å². The van der Waals surface area contributed by atoms with Crippen LogP contribution in [0.4, 0.5) is 13.2 Å². The maximum atomic E-state index is 12.1. The Hall–Kier alpha value is -0.890. The molecule has 0 aliphatic heterocycles. The van der Waals surface area contributed by atoms with E-state index in [9.17, 15) is 13.2 Å². The van der Waals surface area contributed by atoms with E-state index < -0.39 is 12.0 Å². The number of hydrogen-bond donors (Lipinski definition) is 1. The first-order valence-electron chi connectivity index (χ1n) is 4.78. The highest BCUT2D eigenvalue weighted by Crippen LogP contribution is 2.29. The summed E-state index contributed by atoms with van der Waals surface area (Å²) in [6, 6.07) is 0. The molecule has 1 aromatic rings. The molecule has 0 fully saturated rings. The molecule has 8 heteroatoms. The number of rotatable bonds is 6. The summed E-state index contributed by atoms with van der Waals surface area (Å²) in [5.41, 5.74) is 0. The summed E-state index contributed by atoms with van der Waals surface area (Å²) in [6.07, 6.45) is -3.50. The quantitative estimate of drug-likeness (QED) is 0.789. The zero-order chi connectivity index (χ0) is 12.0. The van der Waals surface area contributed by atoms with Crippen LogP contribution in [0.2, 0.25) is 0 Å². The number of nitrogens with one attached hydrogen (secondary N) is 1. The van der Waals surface area contributed by atoms with Crippen molar-refractivity contribution in [2.45, 2.75) is 19.5 Å². The summed E-state index contributed by atoms with van der Waals surface area (Å²) in [4.78, 5) is 3.23. The van der Waals surface area contributed by atoms with E-state index in [0.717, 1.165) is 13.0 Å². The van der Waals surface area contributed by atoms with Gasteiger partial charge in [-0.05, 0) is 13.0 Å². The number of halogens is 3. The summed E-state index contributed by atoms with van der Waals surface area (Å²) in [6.45, 7) is 3.74. The van der Waals surface area contributed by atoms with Crippen LogP contribution in [0.3, 0.4) is 0 Å².